The monoisotopic (exact) mass is 392 g/mol. The van der Waals surface area contributed by atoms with E-state index in [0.29, 0.717) is 29.4 Å². The number of nitrogens with zero attached hydrogens (tertiary/aromatic N) is 3. The van der Waals surface area contributed by atoms with Crippen LogP contribution in [-0.2, 0) is 6.54 Å². The fraction of sp³-hybridized carbons (Fsp3) is 0.150. The van der Waals surface area contributed by atoms with Crippen molar-refractivity contribution in [3.8, 4) is 5.75 Å². The molecule has 3 rings (SSSR count). The highest BCUT2D eigenvalue weighted by atomic mass is 16.5. The number of nitrogens with one attached hydrogen (secondary N) is 3. The Morgan fingerprint density at radius 3 is 2.52 bits per heavy atom. The maximum atomic E-state index is 12.2. The van der Waals surface area contributed by atoms with Crippen LogP contribution in [-0.4, -0.2) is 34.0 Å². The van der Waals surface area contributed by atoms with Gasteiger partial charge < -0.3 is 15.4 Å². The number of hydrogen-bond donors (Lipinski definition) is 3. The number of aryl methyl sites for hydroxylation is 1. The van der Waals surface area contributed by atoms with Crippen LogP contribution < -0.4 is 20.7 Å². The summed E-state index contributed by atoms with van der Waals surface area (Å²) in [5.74, 6) is 0.598. The summed E-state index contributed by atoms with van der Waals surface area (Å²) in [6, 6.07) is 8.04. The Morgan fingerprint density at radius 2 is 1.83 bits per heavy atom. The number of aromatic nitrogens is 3. The van der Waals surface area contributed by atoms with Gasteiger partial charge in [0.2, 0.25) is 0 Å². The van der Waals surface area contributed by atoms with E-state index in [1.165, 1.54) is 13.3 Å². The second-order valence-electron chi connectivity index (χ2n) is 6.08. The van der Waals surface area contributed by atoms with E-state index < -0.39 is 6.03 Å². The number of methoxy groups -OCH3 is 1. The minimum Gasteiger partial charge on any atom is -0.495 e. The number of pyridine rings is 1. The molecule has 0 saturated heterocycles. The molecule has 0 aliphatic carbocycles. The third-order valence-electron chi connectivity index (χ3n) is 3.93. The zero-order chi connectivity index (χ0) is 20.6. The van der Waals surface area contributed by atoms with Gasteiger partial charge in [-0.1, -0.05) is 6.07 Å². The van der Waals surface area contributed by atoms with Crippen LogP contribution in [0, 0.1) is 6.92 Å². The molecule has 148 valence electrons. The van der Waals surface area contributed by atoms with E-state index in [0.717, 1.165) is 11.3 Å². The summed E-state index contributed by atoms with van der Waals surface area (Å²) in [4.78, 5) is 36.4. The lowest BCUT2D eigenvalue weighted by atomic mass is 10.1. The van der Waals surface area contributed by atoms with Gasteiger partial charge in [0, 0.05) is 24.5 Å². The van der Waals surface area contributed by atoms with Crippen LogP contribution in [0.3, 0.4) is 0 Å². The summed E-state index contributed by atoms with van der Waals surface area (Å²) in [7, 11) is 1.50. The molecule has 0 radical (unpaired) electrons. The number of benzene rings is 1. The zero-order valence-corrected chi connectivity index (χ0v) is 16.0. The first-order valence-electron chi connectivity index (χ1n) is 8.77. The van der Waals surface area contributed by atoms with E-state index in [1.54, 1.807) is 48.9 Å². The van der Waals surface area contributed by atoms with Crippen molar-refractivity contribution in [1.82, 2.24) is 20.3 Å². The average Bonchev–Trinajstić information content (AvgIpc) is 2.75. The molecule has 3 amide bonds. The first-order chi connectivity index (χ1) is 14.0. The number of ether oxygens (including phenoxy) is 1. The Hall–Kier alpha value is -4.01. The lowest BCUT2D eigenvalue weighted by Gasteiger charge is -2.13. The van der Waals surface area contributed by atoms with E-state index in [-0.39, 0.29) is 5.91 Å². The van der Waals surface area contributed by atoms with Crippen molar-refractivity contribution in [2.24, 2.45) is 0 Å². The van der Waals surface area contributed by atoms with Crippen molar-refractivity contribution in [2.45, 2.75) is 13.5 Å². The molecule has 9 heteroatoms. The number of anilines is 2. The largest absolute Gasteiger partial charge is 0.495 e. The molecule has 29 heavy (non-hydrogen) atoms. The molecule has 0 saturated carbocycles. The van der Waals surface area contributed by atoms with Gasteiger partial charge in [0.1, 0.15) is 5.75 Å². The maximum Gasteiger partial charge on any atom is 0.324 e. The molecule has 3 aromatic rings. The average molecular weight is 392 g/mol. The van der Waals surface area contributed by atoms with Crippen LogP contribution in [0.2, 0.25) is 0 Å². The highest BCUT2D eigenvalue weighted by Crippen LogP contribution is 2.25. The summed E-state index contributed by atoms with van der Waals surface area (Å²) < 4.78 is 5.35. The quantitative estimate of drug-likeness (QED) is 0.594. The van der Waals surface area contributed by atoms with Gasteiger partial charge in [-0.15, -0.1) is 0 Å². The Morgan fingerprint density at radius 1 is 1.03 bits per heavy atom. The smallest absolute Gasteiger partial charge is 0.324 e. The standard InChI is InChI=1S/C20H20N6O3/c1-13-10-23-18(12-22-13)26-20(28)25-16-4-3-14(9-17(16)29-2)11-24-19(27)15-5-7-21-8-6-15/h3-10,12H,11H2,1-2H3,(H,24,27)(H2,23,25,26,28). The molecule has 0 spiro atoms. The second kappa shape index (κ2) is 9.27. The maximum absolute atomic E-state index is 12.2. The van der Waals surface area contributed by atoms with Crippen LogP contribution in [0.15, 0.2) is 55.1 Å². The second-order valence-corrected chi connectivity index (χ2v) is 6.08. The highest BCUT2D eigenvalue weighted by molar-refractivity contribution is 6.00. The molecular formula is C20H20N6O3. The van der Waals surface area contributed by atoms with Crippen LogP contribution >= 0.6 is 0 Å². The fourth-order valence-corrected chi connectivity index (χ4v) is 2.46. The molecule has 2 heterocycles. The first kappa shape index (κ1) is 19.7. The Balaban J connectivity index is 1.61. The molecule has 1 aromatic carbocycles. The molecule has 0 unspecified atom stereocenters. The number of rotatable bonds is 6. The minimum absolute atomic E-state index is 0.202. The Bertz CT molecular complexity index is 993. The van der Waals surface area contributed by atoms with Gasteiger partial charge in [-0.05, 0) is 36.8 Å². The van der Waals surface area contributed by atoms with Crippen molar-refractivity contribution in [1.29, 1.82) is 0 Å². The number of urea groups is 1. The predicted octanol–water partition coefficient (Wildman–Crippen LogP) is 2.76. The van der Waals surface area contributed by atoms with Crippen LogP contribution in [0.4, 0.5) is 16.3 Å². The predicted molar refractivity (Wildman–Crippen MR) is 108 cm³/mol. The van der Waals surface area contributed by atoms with Crippen molar-refractivity contribution in [3.63, 3.8) is 0 Å². The highest BCUT2D eigenvalue weighted by Gasteiger charge is 2.11. The lowest BCUT2D eigenvalue weighted by Crippen LogP contribution is -2.23. The van der Waals surface area contributed by atoms with Gasteiger partial charge in [0.05, 0.1) is 30.9 Å². The van der Waals surface area contributed by atoms with Crippen molar-refractivity contribution in [3.05, 3.63) is 71.9 Å². The van der Waals surface area contributed by atoms with E-state index >= 15 is 0 Å². The molecule has 0 aliphatic heterocycles. The molecule has 0 aliphatic rings. The normalized spacial score (nSPS) is 10.1. The summed E-state index contributed by atoms with van der Waals surface area (Å²) in [6.07, 6.45) is 6.16. The summed E-state index contributed by atoms with van der Waals surface area (Å²) in [5, 5.41) is 8.13. The van der Waals surface area contributed by atoms with Crippen LogP contribution in [0.5, 0.6) is 5.75 Å². The lowest BCUT2D eigenvalue weighted by molar-refractivity contribution is 0.0950. The third-order valence-corrected chi connectivity index (χ3v) is 3.93. The molecule has 3 N–H and O–H groups in total. The summed E-state index contributed by atoms with van der Waals surface area (Å²) in [6.45, 7) is 2.12. The van der Waals surface area contributed by atoms with Gasteiger partial charge in [-0.3, -0.25) is 20.1 Å². The van der Waals surface area contributed by atoms with Crippen LogP contribution in [0.25, 0.3) is 0 Å². The van der Waals surface area contributed by atoms with Crippen molar-refractivity contribution >= 4 is 23.4 Å². The topological polar surface area (TPSA) is 118 Å². The number of amides is 3. The molecule has 9 nitrogen and oxygen atoms in total. The van der Waals surface area contributed by atoms with Gasteiger partial charge >= 0.3 is 6.03 Å². The van der Waals surface area contributed by atoms with E-state index in [1.807, 2.05) is 6.92 Å². The van der Waals surface area contributed by atoms with Gasteiger partial charge in [-0.25, -0.2) is 9.78 Å². The van der Waals surface area contributed by atoms with Gasteiger partial charge in [-0.2, -0.15) is 0 Å². The van der Waals surface area contributed by atoms with Crippen molar-refractivity contribution < 1.29 is 14.3 Å². The number of carbonyl (C=O) groups is 2. The Labute approximate surface area is 167 Å². The molecule has 2 aromatic heterocycles. The molecule has 0 bridgehead atoms. The van der Waals surface area contributed by atoms with E-state index in [9.17, 15) is 9.59 Å². The minimum atomic E-state index is -0.472. The molecular weight excluding hydrogens is 372 g/mol. The van der Waals surface area contributed by atoms with Gasteiger partial charge in [0.15, 0.2) is 5.82 Å². The number of hydrogen-bond acceptors (Lipinski definition) is 6. The van der Waals surface area contributed by atoms with Gasteiger partial charge in [0.25, 0.3) is 5.91 Å². The first-order valence-corrected chi connectivity index (χ1v) is 8.77. The Kier molecular flexibility index (Phi) is 6.31. The summed E-state index contributed by atoms with van der Waals surface area (Å²) >= 11 is 0. The number of carbonyl (C=O) groups excluding carboxylic acids is 2. The zero-order valence-electron chi connectivity index (χ0n) is 16.0. The fourth-order valence-electron chi connectivity index (χ4n) is 2.46. The van der Waals surface area contributed by atoms with Crippen molar-refractivity contribution in [2.75, 3.05) is 17.7 Å². The summed E-state index contributed by atoms with van der Waals surface area (Å²) in [5.41, 5.74) is 2.58. The van der Waals surface area contributed by atoms with Crippen LogP contribution in [0.1, 0.15) is 21.6 Å². The third kappa shape index (κ3) is 5.48. The van der Waals surface area contributed by atoms with E-state index in [2.05, 4.69) is 30.9 Å². The van der Waals surface area contributed by atoms with E-state index in [4.69, 9.17) is 4.74 Å². The SMILES string of the molecule is COc1cc(CNC(=O)c2ccncc2)ccc1NC(=O)Nc1cnc(C)cn1. The molecule has 0 fully saturated rings. The molecule has 0 atom stereocenters.